The number of rotatable bonds is 3. The molecular weight excluding hydrogens is 138 g/mol. The summed E-state index contributed by atoms with van der Waals surface area (Å²) in [6.45, 7) is 8.16. The number of hydrogen-bond acceptors (Lipinski definition) is 3. The summed E-state index contributed by atoms with van der Waals surface area (Å²) < 4.78 is 0. The lowest BCUT2D eigenvalue weighted by atomic mass is 10.1. The molecule has 0 aliphatic rings. The third kappa shape index (κ3) is 3.88. The zero-order valence-electron chi connectivity index (χ0n) is 7.83. The maximum absolute atomic E-state index is 5.70. The smallest absolute Gasteiger partial charge is 0.0441 e. The second-order valence-electron chi connectivity index (χ2n) is 3.30. The molecule has 3 nitrogen and oxygen atoms in total. The SMILES string of the molecule is C/C(N)=C/N(N)C(C)C(C)C. The molecule has 0 bridgehead atoms. The largest absolute Gasteiger partial charge is 0.401 e. The molecule has 0 aliphatic carbocycles. The Morgan fingerprint density at radius 1 is 1.36 bits per heavy atom. The van der Waals surface area contributed by atoms with Gasteiger partial charge in [-0.25, -0.2) is 5.84 Å². The summed E-state index contributed by atoms with van der Waals surface area (Å²) in [6.07, 6.45) is 1.75. The van der Waals surface area contributed by atoms with Gasteiger partial charge in [0.15, 0.2) is 0 Å². The van der Waals surface area contributed by atoms with E-state index in [1.165, 1.54) is 0 Å². The lowest BCUT2D eigenvalue weighted by molar-refractivity contribution is 0.241. The van der Waals surface area contributed by atoms with E-state index in [1.807, 2.05) is 6.92 Å². The predicted molar refractivity (Wildman–Crippen MR) is 48.3 cm³/mol. The highest BCUT2D eigenvalue weighted by molar-refractivity contribution is 4.91. The van der Waals surface area contributed by atoms with Gasteiger partial charge in [0.1, 0.15) is 0 Å². The van der Waals surface area contributed by atoms with Gasteiger partial charge in [0.2, 0.25) is 0 Å². The highest BCUT2D eigenvalue weighted by atomic mass is 15.4. The Morgan fingerprint density at radius 2 is 1.82 bits per heavy atom. The second kappa shape index (κ2) is 4.23. The summed E-state index contributed by atoms with van der Waals surface area (Å²) >= 11 is 0. The molecule has 3 heteroatoms. The van der Waals surface area contributed by atoms with Crippen molar-refractivity contribution in [2.45, 2.75) is 33.7 Å². The van der Waals surface area contributed by atoms with Gasteiger partial charge >= 0.3 is 0 Å². The van der Waals surface area contributed by atoms with Crippen molar-refractivity contribution in [3.8, 4) is 0 Å². The molecule has 1 atom stereocenters. The summed E-state index contributed by atoms with van der Waals surface area (Å²) in [6, 6.07) is 0.327. The van der Waals surface area contributed by atoms with Crippen LogP contribution in [-0.2, 0) is 0 Å². The Balaban J connectivity index is 4.03. The van der Waals surface area contributed by atoms with Crippen molar-refractivity contribution in [2.75, 3.05) is 0 Å². The van der Waals surface area contributed by atoms with Gasteiger partial charge in [0.25, 0.3) is 0 Å². The monoisotopic (exact) mass is 157 g/mol. The van der Waals surface area contributed by atoms with Gasteiger partial charge in [-0.3, -0.25) is 0 Å². The van der Waals surface area contributed by atoms with Gasteiger partial charge < -0.3 is 10.7 Å². The highest BCUT2D eigenvalue weighted by Crippen LogP contribution is 2.06. The summed E-state index contributed by atoms with van der Waals surface area (Å²) in [5.41, 5.74) is 6.21. The number of allylic oxidation sites excluding steroid dienone is 1. The quantitative estimate of drug-likeness (QED) is 0.475. The van der Waals surface area contributed by atoms with Crippen LogP contribution in [0, 0.1) is 5.92 Å². The third-order valence-electron chi connectivity index (χ3n) is 1.79. The van der Waals surface area contributed by atoms with Crippen molar-refractivity contribution in [1.82, 2.24) is 5.01 Å². The van der Waals surface area contributed by atoms with Crippen molar-refractivity contribution in [1.29, 1.82) is 0 Å². The molecule has 0 saturated heterocycles. The van der Waals surface area contributed by atoms with Crippen LogP contribution in [0.3, 0.4) is 0 Å². The number of hydrazine groups is 1. The fourth-order valence-corrected chi connectivity index (χ4v) is 0.697. The van der Waals surface area contributed by atoms with Gasteiger partial charge in [0.05, 0.1) is 0 Å². The van der Waals surface area contributed by atoms with Crippen LogP contribution in [0.15, 0.2) is 11.9 Å². The van der Waals surface area contributed by atoms with Crippen LogP contribution in [-0.4, -0.2) is 11.1 Å². The van der Waals surface area contributed by atoms with Crippen molar-refractivity contribution in [3.05, 3.63) is 11.9 Å². The molecule has 11 heavy (non-hydrogen) atoms. The van der Waals surface area contributed by atoms with Crippen LogP contribution in [0.4, 0.5) is 0 Å². The Kier molecular flexibility index (Phi) is 3.97. The number of nitrogens with zero attached hydrogens (tertiary/aromatic N) is 1. The Labute approximate surface area is 69.0 Å². The van der Waals surface area contributed by atoms with Gasteiger partial charge in [-0.1, -0.05) is 13.8 Å². The molecule has 0 fully saturated rings. The van der Waals surface area contributed by atoms with E-state index in [4.69, 9.17) is 11.6 Å². The van der Waals surface area contributed by atoms with Crippen LogP contribution in [0.25, 0.3) is 0 Å². The second-order valence-corrected chi connectivity index (χ2v) is 3.30. The maximum atomic E-state index is 5.70. The highest BCUT2D eigenvalue weighted by Gasteiger charge is 2.09. The summed E-state index contributed by atoms with van der Waals surface area (Å²) in [4.78, 5) is 0. The molecule has 0 spiro atoms. The van der Waals surface area contributed by atoms with Crippen LogP contribution in [0.2, 0.25) is 0 Å². The Bertz CT molecular complexity index is 136. The fourth-order valence-electron chi connectivity index (χ4n) is 0.697. The molecule has 0 aromatic heterocycles. The first kappa shape index (κ1) is 10.3. The molecule has 0 aromatic rings. The van der Waals surface area contributed by atoms with Crippen LogP contribution >= 0.6 is 0 Å². The van der Waals surface area contributed by atoms with Crippen molar-refractivity contribution < 1.29 is 0 Å². The first-order chi connectivity index (χ1) is 4.95. The van der Waals surface area contributed by atoms with Gasteiger partial charge in [-0.05, 0) is 19.8 Å². The van der Waals surface area contributed by atoms with E-state index in [0.29, 0.717) is 12.0 Å². The molecule has 0 heterocycles. The minimum absolute atomic E-state index is 0.327. The Hall–Kier alpha value is -0.700. The average Bonchev–Trinajstić information content (AvgIpc) is 1.84. The third-order valence-corrected chi connectivity index (χ3v) is 1.79. The molecule has 0 aliphatic heterocycles. The van der Waals surface area contributed by atoms with E-state index < -0.39 is 0 Å². The number of hydrogen-bond donors (Lipinski definition) is 2. The van der Waals surface area contributed by atoms with E-state index in [0.717, 1.165) is 5.70 Å². The maximum Gasteiger partial charge on any atom is 0.0441 e. The summed E-state index contributed by atoms with van der Waals surface area (Å²) in [7, 11) is 0. The van der Waals surface area contributed by atoms with Crippen LogP contribution < -0.4 is 11.6 Å². The van der Waals surface area contributed by atoms with Crippen LogP contribution in [0.1, 0.15) is 27.7 Å². The number of nitrogens with two attached hydrogens (primary N) is 2. The molecule has 4 N–H and O–H groups in total. The molecule has 0 aromatic carbocycles. The molecular formula is C8H19N3. The van der Waals surface area contributed by atoms with E-state index in [2.05, 4.69) is 20.8 Å². The predicted octanol–water partition coefficient (Wildman–Crippen LogP) is 1.03. The zero-order chi connectivity index (χ0) is 9.02. The van der Waals surface area contributed by atoms with E-state index >= 15 is 0 Å². The first-order valence-electron chi connectivity index (χ1n) is 3.92. The van der Waals surface area contributed by atoms with E-state index in [1.54, 1.807) is 11.2 Å². The molecule has 1 unspecified atom stereocenters. The molecule has 0 radical (unpaired) electrons. The molecule has 66 valence electrons. The minimum Gasteiger partial charge on any atom is -0.401 e. The normalized spacial score (nSPS) is 15.3. The molecule has 0 saturated carbocycles. The van der Waals surface area contributed by atoms with Crippen molar-refractivity contribution in [2.24, 2.45) is 17.5 Å². The topological polar surface area (TPSA) is 55.3 Å². The first-order valence-corrected chi connectivity index (χ1v) is 3.92. The zero-order valence-corrected chi connectivity index (χ0v) is 7.83. The standard InChI is InChI=1S/C8H19N3/c1-6(2)8(4)11(10)5-7(3)9/h5-6,8H,9-10H2,1-4H3/b7-5-. The van der Waals surface area contributed by atoms with Gasteiger partial charge in [-0.15, -0.1) is 0 Å². The summed E-state index contributed by atoms with van der Waals surface area (Å²) in [5, 5.41) is 1.65. The minimum atomic E-state index is 0.327. The lowest BCUT2D eigenvalue weighted by Gasteiger charge is -2.25. The van der Waals surface area contributed by atoms with Crippen molar-refractivity contribution >= 4 is 0 Å². The van der Waals surface area contributed by atoms with Crippen molar-refractivity contribution in [3.63, 3.8) is 0 Å². The lowest BCUT2D eigenvalue weighted by Crippen LogP contribution is -2.38. The van der Waals surface area contributed by atoms with E-state index in [9.17, 15) is 0 Å². The van der Waals surface area contributed by atoms with Gasteiger partial charge in [-0.2, -0.15) is 0 Å². The Morgan fingerprint density at radius 3 is 2.09 bits per heavy atom. The van der Waals surface area contributed by atoms with Gasteiger partial charge in [0, 0.05) is 17.9 Å². The average molecular weight is 157 g/mol. The molecule has 0 amide bonds. The van der Waals surface area contributed by atoms with Crippen LogP contribution in [0.5, 0.6) is 0 Å². The van der Waals surface area contributed by atoms with E-state index in [-0.39, 0.29) is 0 Å². The fraction of sp³-hybridized carbons (Fsp3) is 0.750. The summed E-state index contributed by atoms with van der Waals surface area (Å²) in [5.74, 6) is 6.23. The molecule has 0 rings (SSSR count).